The van der Waals surface area contributed by atoms with Gasteiger partial charge < -0.3 is 20.1 Å². The fraction of sp³-hybridized carbons (Fsp3) is 0.500. The average Bonchev–Trinajstić information content (AvgIpc) is 3.21. The third-order valence-corrected chi connectivity index (χ3v) is 6.06. The number of halogens is 7. The van der Waals surface area contributed by atoms with Crippen LogP contribution < -0.4 is 15.4 Å². The third kappa shape index (κ3) is 4.63. The van der Waals surface area contributed by atoms with E-state index in [4.69, 9.17) is 26.8 Å². The van der Waals surface area contributed by atoms with Crippen LogP contribution in [0, 0.1) is 5.92 Å². The van der Waals surface area contributed by atoms with Gasteiger partial charge >= 0.3 is 18.4 Å². The van der Waals surface area contributed by atoms with Crippen molar-refractivity contribution in [2.24, 2.45) is 5.92 Å². The molecule has 0 saturated carbocycles. The highest BCUT2D eigenvalue weighted by molar-refractivity contribution is 6.31. The number of nitrogen functional groups attached to an aromatic ring is 1. The highest BCUT2D eigenvalue weighted by Crippen LogP contribution is 2.45. The monoisotopic (exact) mass is 496 g/mol. The lowest BCUT2D eigenvalue weighted by atomic mass is 9.94. The Morgan fingerprint density at radius 2 is 1.91 bits per heavy atom. The second-order valence-electron chi connectivity index (χ2n) is 7.90. The van der Waals surface area contributed by atoms with Gasteiger partial charge in [-0.15, -0.1) is 0 Å². The maximum atomic E-state index is 13.7. The molecule has 3 heterocycles. The highest BCUT2D eigenvalue weighted by atomic mass is 35.5. The van der Waals surface area contributed by atoms with E-state index in [0.717, 1.165) is 12.1 Å². The normalized spacial score (nSPS) is 21.3. The molecule has 1 saturated heterocycles. The van der Waals surface area contributed by atoms with Gasteiger partial charge in [-0.05, 0) is 24.1 Å². The fourth-order valence-electron chi connectivity index (χ4n) is 4.21. The number of nitrogens with two attached hydrogens (primary N) is 1. The summed E-state index contributed by atoms with van der Waals surface area (Å²) in [7, 11) is 1.30. The van der Waals surface area contributed by atoms with Gasteiger partial charge in [-0.25, -0.2) is 0 Å². The topological polar surface area (TPSA) is 73.5 Å². The number of rotatable bonds is 3. The van der Waals surface area contributed by atoms with E-state index in [2.05, 4.69) is 9.97 Å². The van der Waals surface area contributed by atoms with Crippen LogP contribution in [0.15, 0.2) is 12.1 Å². The van der Waals surface area contributed by atoms with Crippen molar-refractivity contribution in [1.82, 2.24) is 9.97 Å². The molecule has 2 N–H and O–H groups in total. The molecule has 13 heteroatoms. The highest BCUT2D eigenvalue weighted by Gasteiger charge is 2.45. The minimum atomic E-state index is -4.75. The Morgan fingerprint density at radius 3 is 2.52 bits per heavy atom. The zero-order valence-electron chi connectivity index (χ0n) is 17.2. The summed E-state index contributed by atoms with van der Waals surface area (Å²) in [4.78, 5) is 9.92. The molecule has 2 aromatic rings. The number of hydrogen-bond acceptors (Lipinski definition) is 6. The summed E-state index contributed by atoms with van der Waals surface area (Å²) in [5.74, 6) is -1.28. The van der Waals surface area contributed by atoms with Crippen LogP contribution in [0.5, 0.6) is 6.01 Å². The molecular weight excluding hydrogens is 478 g/mol. The van der Waals surface area contributed by atoms with Crippen molar-refractivity contribution in [2.45, 2.75) is 37.9 Å². The number of fused-ring (bicyclic) bond motifs is 1. The lowest BCUT2D eigenvalue weighted by molar-refractivity contribution is -0.168. The van der Waals surface area contributed by atoms with Crippen molar-refractivity contribution in [1.29, 1.82) is 0 Å². The van der Waals surface area contributed by atoms with E-state index < -0.39 is 35.0 Å². The molecule has 6 nitrogen and oxygen atoms in total. The number of ether oxygens (including phenoxy) is 2. The predicted molar refractivity (Wildman–Crippen MR) is 107 cm³/mol. The predicted octanol–water partition coefficient (Wildman–Crippen LogP) is 4.94. The number of anilines is 2. The van der Waals surface area contributed by atoms with E-state index in [-0.39, 0.29) is 55.6 Å². The number of aromatic nitrogens is 2. The molecule has 180 valence electrons. The number of methoxy groups -OCH3 is 1. The molecule has 2 unspecified atom stereocenters. The zero-order valence-corrected chi connectivity index (χ0v) is 18.0. The summed E-state index contributed by atoms with van der Waals surface area (Å²) >= 11 is 5.85. The molecule has 2 aliphatic heterocycles. The Kier molecular flexibility index (Phi) is 6.02. The van der Waals surface area contributed by atoms with Crippen molar-refractivity contribution in [3.63, 3.8) is 0 Å². The molecule has 33 heavy (non-hydrogen) atoms. The second kappa shape index (κ2) is 8.39. The number of alkyl halides is 6. The third-order valence-electron chi connectivity index (χ3n) is 5.76. The summed E-state index contributed by atoms with van der Waals surface area (Å²) in [6, 6.07) is 2.07. The van der Waals surface area contributed by atoms with Crippen LogP contribution in [-0.4, -0.2) is 36.3 Å². The van der Waals surface area contributed by atoms with E-state index in [1.165, 1.54) is 12.0 Å². The Bertz CT molecular complexity index is 1060. The Morgan fingerprint density at radius 1 is 1.18 bits per heavy atom. The van der Waals surface area contributed by atoms with Gasteiger partial charge in [0.2, 0.25) is 0 Å². The van der Waals surface area contributed by atoms with Crippen LogP contribution in [0.3, 0.4) is 0 Å². The average molecular weight is 497 g/mol. The van der Waals surface area contributed by atoms with Crippen LogP contribution in [0.25, 0.3) is 0 Å². The molecule has 1 aromatic carbocycles. The minimum absolute atomic E-state index is 0.0358. The van der Waals surface area contributed by atoms with Gasteiger partial charge in [0.15, 0.2) is 0 Å². The molecule has 0 spiro atoms. The lowest BCUT2D eigenvalue weighted by Gasteiger charge is -2.30. The van der Waals surface area contributed by atoms with Gasteiger partial charge in [-0.3, -0.25) is 0 Å². The van der Waals surface area contributed by atoms with Crippen LogP contribution in [0.4, 0.5) is 37.8 Å². The van der Waals surface area contributed by atoms with Gasteiger partial charge in [0, 0.05) is 30.8 Å². The molecule has 0 radical (unpaired) electrons. The first-order chi connectivity index (χ1) is 15.4. The van der Waals surface area contributed by atoms with Crippen molar-refractivity contribution < 1.29 is 35.8 Å². The van der Waals surface area contributed by atoms with Gasteiger partial charge in [-0.1, -0.05) is 11.6 Å². The SMILES string of the molecule is COc1nc2c(c(N3CCC(C(F)(F)F)C3)n1)COC(c1cc(N)cc(Cl)c1C(F)(F)F)C2. The fourth-order valence-corrected chi connectivity index (χ4v) is 4.55. The Hall–Kier alpha value is -2.47. The molecule has 0 aliphatic carbocycles. The Balaban J connectivity index is 1.71. The van der Waals surface area contributed by atoms with Gasteiger partial charge in [0.05, 0.1) is 42.0 Å². The number of benzene rings is 1. The van der Waals surface area contributed by atoms with Crippen LogP contribution in [-0.2, 0) is 23.9 Å². The molecule has 0 amide bonds. The molecular formula is C20H19ClF6N4O2. The molecule has 1 fully saturated rings. The maximum Gasteiger partial charge on any atom is 0.418 e. The molecule has 0 bridgehead atoms. The first-order valence-corrected chi connectivity index (χ1v) is 10.3. The zero-order chi connectivity index (χ0) is 24.1. The summed E-state index contributed by atoms with van der Waals surface area (Å²) in [5.41, 5.74) is 5.21. The summed E-state index contributed by atoms with van der Waals surface area (Å²) in [6.07, 6.45) is -10.4. The molecule has 1 aromatic heterocycles. The summed E-state index contributed by atoms with van der Waals surface area (Å²) in [6.45, 7) is -0.373. The van der Waals surface area contributed by atoms with Crippen LogP contribution >= 0.6 is 11.6 Å². The van der Waals surface area contributed by atoms with Crippen molar-refractivity contribution in [2.75, 3.05) is 30.8 Å². The van der Waals surface area contributed by atoms with Crippen molar-refractivity contribution in [3.8, 4) is 6.01 Å². The van der Waals surface area contributed by atoms with E-state index in [1.54, 1.807) is 0 Å². The van der Waals surface area contributed by atoms with E-state index >= 15 is 0 Å². The summed E-state index contributed by atoms with van der Waals surface area (Å²) in [5, 5.41) is -0.553. The van der Waals surface area contributed by atoms with Crippen LogP contribution in [0.2, 0.25) is 5.02 Å². The second-order valence-corrected chi connectivity index (χ2v) is 8.31. The first kappa shape index (κ1) is 23.7. The van der Waals surface area contributed by atoms with E-state index in [0.29, 0.717) is 11.3 Å². The van der Waals surface area contributed by atoms with Gasteiger partial charge in [-0.2, -0.15) is 36.3 Å². The maximum absolute atomic E-state index is 13.7. The standard InChI is InChI=1S/C20H19ClF6N4O2/c1-32-18-29-14-6-15(11-4-10(28)5-13(21)16(11)20(25,26)27)33-8-12(14)17(30-18)31-3-2-9(7-31)19(22,23)24/h4-5,9,15H,2-3,6-8,28H2,1H3. The Labute approximate surface area is 189 Å². The minimum Gasteiger partial charge on any atom is -0.467 e. The molecule has 2 aliphatic rings. The van der Waals surface area contributed by atoms with E-state index in [1.807, 2.05) is 0 Å². The quantitative estimate of drug-likeness (QED) is 0.479. The van der Waals surface area contributed by atoms with Crippen molar-refractivity contribution >= 4 is 23.1 Å². The van der Waals surface area contributed by atoms with Crippen LogP contribution in [0.1, 0.15) is 34.9 Å². The van der Waals surface area contributed by atoms with E-state index in [9.17, 15) is 26.3 Å². The van der Waals surface area contributed by atoms with Crippen molar-refractivity contribution in [3.05, 3.63) is 39.5 Å². The number of nitrogens with zero attached hydrogens (tertiary/aromatic N) is 3. The molecule has 4 rings (SSSR count). The summed E-state index contributed by atoms with van der Waals surface area (Å²) < 4.78 is 91.3. The van der Waals surface area contributed by atoms with Gasteiger partial charge in [0.1, 0.15) is 5.82 Å². The molecule has 2 atom stereocenters. The first-order valence-electron chi connectivity index (χ1n) is 9.91. The van der Waals surface area contributed by atoms with Gasteiger partial charge in [0.25, 0.3) is 0 Å². The smallest absolute Gasteiger partial charge is 0.418 e. The number of hydrogen-bond donors (Lipinski definition) is 1. The largest absolute Gasteiger partial charge is 0.467 e. The lowest BCUT2D eigenvalue weighted by Crippen LogP contribution is -2.30.